The Hall–Kier alpha value is -0.500. The molecule has 0 fully saturated rings. The van der Waals surface area contributed by atoms with E-state index in [0.717, 1.165) is 38.5 Å². The topological polar surface area (TPSA) is 108 Å². The third-order valence-corrected chi connectivity index (χ3v) is 10.8. The molecule has 0 saturated heterocycles. The monoisotopic (exact) mass is 733 g/mol. The van der Waals surface area contributed by atoms with Gasteiger partial charge in [0.05, 0.1) is 39.9 Å². The molecule has 50 heavy (non-hydrogen) atoms. The van der Waals surface area contributed by atoms with E-state index in [1.807, 2.05) is 21.1 Å². The minimum absolute atomic E-state index is 0.0154. The number of aliphatic hydroxyl groups is 1. The van der Waals surface area contributed by atoms with Crippen LogP contribution in [-0.2, 0) is 18.4 Å². The first-order chi connectivity index (χ1) is 24.0. The first-order valence-corrected chi connectivity index (χ1v) is 22.8. The highest BCUT2D eigenvalue weighted by atomic mass is 31.2. The zero-order valence-electron chi connectivity index (χ0n) is 33.9. The van der Waals surface area contributed by atoms with Crippen LogP contribution in [0.5, 0.6) is 0 Å². The molecule has 2 N–H and O–H groups in total. The Bertz CT molecular complexity index is 794. The molecule has 0 heterocycles. The van der Waals surface area contributed by atoms with E-state index in [1.165, 1.54) is 141 Å². The SMILES string of the molecule is CCCCCCCCCCCCCCCCCCCCCCCC(O)C(COP(=O)([O-])OCC[N+](C)(C)C)NC(=O)CCCCCCCCC. The molecule has 0 saturated carbocycles. The van der Waals surface area contributed by atoms with Crippen molar-refractivity contribution >= 4 is 13.7 Å². The molecular formula is C41H85N2O6P. The predicted molar refractivity (Wildman–Crippen MR) is 210 cm³/mol. The molecule has 8 nitrogen and oxygen atoms in total. The van der Waals surface area contributed by atoms with Crippen molar-refractivity contribution in [3.63, 3.8) is 0 Å². The number of rotatable bonds is 39. The molecule has 0 radical (unpaired) electrons. The van der Waals surface area contributed by atoms with Crippen molar-refractivity contribution in [3.8, 4) is 0 Å². The highest BCUT2D eigenvalue weighted by Gasteiger charge is 2.24. The van der Waals surface area contributed by atoms with Crippen molar-refractivity contribution in [2.45, 2.75) is 219 Å². The summed E-state index contributed by atoms with van der Waals surface area (Å²) in [7, 11) is 1.31. The third kappa shape index (κ3) is 35.9. The van der Waals surface area contributed by atoms with Crippen molar-refractivity contribution in [2.75, 3.05) is 40.9 Å². The van der Waals surface area contributed by atoms with Crippen molar-refractivity contribution in [1.82, 2.24) is 5.32 Å². The molecule has 1 amide bonds. The zero-order chi connectivity index (χ0) is 37.2. The molecule has 0 bridgehead atoms. The Morgan fingerprint density at radius 1 is 0.620 bits per heavy atom. The van der Waals surface area contributed by atoms with E-state index >= 15 is 0 Å². The molecule has 300 valence electrons. The van der Waals surface area contributed by atoms with Crippen molar-refractivity contribution in [3.05, 3.63) is 0 Å². The van der Waals surface area contributed by atoms with Gasteiger partial charge in [-0.25, -0.2) is 0 Å². The van der Waals surface area contributed by atoms with Crippen LogP contribution < -0.4 is 10.2 Å². The van der Waals surface area contributed by atoms with Crippen LogP contribution in [0.15, 0.2) is 0 Å². The number of unbranched alkanes of at least 4 members (excludes halogenated alkanes) is 26. The average molecular weight is 733 g/mol. The number of hydrogen-bond acceptors (Lipinski definition) is 6. The fraction of sp³-hybridized carbons (Fsp3) is 0.976. The van der Waals surface area contributed by atoms with Crippen LogP contribution in [0.4, 0.5) is 0 Å². The van der Waals surface area contributed by atoms with Crippen LogP contribution in [0.3, 0.4) is 0 Å². The molecular weight excluding hydrogens is 647 g/mol. The summed E-state index contributed by atoms with van der Waals surface area (Å²) >= 11 is 0. The van der Waals surface area contributed by atoms with Gasteiger partial charge in [0, 0.05) is 6.42 Å². The molecule has 3 unspecified atom stereocenters. The molecule has 9 heteroatoms. The summed E-state index contributed by atoms with van der Waals surface area (Å²) < 4.78 is 23.1. The van der Waals surface area contributed by atoms with Crippen molar-refractivity contribution in [2.24, 2.45) is 0 Å². The number of carbonyl (C=O) groups is 1. The highest BCUT2D eigenvalue weighted by molar-refractivity contribution is 7.45. The lowest BCUT2D eigenvalue weighted by atomic mass is 10.0. The van der Waals surface area contributed by atoms with E-state index in [2.05, 4.69) is 19.2 Å². The Morgan fingerprint density at radius 3 is 1.36 bits per heavy atom. The maximum Gasteiger partial charge on any atom is 0.268 e. The van der Waals surface area contributed by atoms with E-state index < -0.39 is 20.0 Å². The fourth-order valence-electron chi connectivity index (χ4n) is 6.39. The number of amides is 1. The molecule has 3 atom stereocenters. The number of quaternary nitrogens is 1. The zero-order valence-corrected chi connectivity index (χ0v) is 34.8. The number of phosphoric acid groups is 1. The van der Waals surface area contributed by atoms with Gasteiger partial charge < -0.3 is 28.8 Å². The van der Waals surface area contributed by atoms with Gasteiger partial charge in [0.25, 0.3) is 7.82 Å². The van der Waals surface area contributed by atoms with E-state index in [1.54, 1.807) is 0 Å². The van der Waals surface area contributed by atoms with E-state index in [-0.39, 0.29) is 19.1 Å². The summed E-state index contributed by atoms with van der Waals surface area (Å²) in [6, 6.07) is -0.790. The normalized spacial score (nSPS) is 14.5. The number of phosphoric ester groups is 1. The van der Waals surface area contributed by atoms with Gasteiger partial charge in [0.15, 0.2) is 0 Å². The molecule has 0 aromatic rings. The van der Waals surface area contributed by atoms with Gasteiger partial charge in [-0.1, -0.05) is 187 Å². The Labute approximate surface area is 310 Å². The predicted octanol–water partition coefficient (Wildman–Crippen LogP) is 10.8. The van der Waals surface area contributed by atoms with Crippen LogP contribution in [0.1, 0.15) is 206 Å². The summed E-state index contributed by atoms with van der Waals surface area (Å²) in [5, 5.41) is 13.8. The van der Waals surface area contributed by atoms with Crippen molar-refractivity contribution in [1.29, 1.82) is 0 Å². The van der Waals surface area contributed by atoms with Crippen LogP contribution in [-0.4, -0.2) is 68.5 Å². The second kappa shape index (κ2) is 34.3. The van der Waals surface area contributed by atoms with Gasteiger partial charge in [0.2, 0.25) is 5.91 Å². The Morgan fingerprint density at radius 2 is 0.980 bits per heavy atom. The van der Waals surface area contributed by atoms with Gasteiger partial charge >= 0.3 is 0 Å². The minimum atomic E-state index is -4.55. The number of nitrogens with zero attached hydrogens (tertiary/aromatic N) is 1. The molecule has 0 aromatic carbocycles. The summed E-state index contributed by atoms with van der Waals surface area (Å²) in [5.41, 5.74) is 0. The van der Waals surface area contributed by atoms with Crippen molar-refractivity contribution < 1.29 is 32.9 Å². The summed E-state index contributed by atoms with van der Waals surface area (Å²) in [6.45, 7) is 4.68. The quantitative estimate of drug-likeness (QED) is 0.0370. The Balaban J connectivity index is 4.16. The highest BCUT2D eigenvalue weighted by Crippen LogP contribution is 2.38. The third-order valence-electron chi connectivity index (χ3n) is 9.85. The lowest BCUT2D eigenvalue weighted by Gasteiger charge is -2.30. The van der Waals surface area contributed by atoms with Gasteiger partial charge in [-0.15, -0.1) is 0 Å². The summed E-state index contributed by atoms with van der Waals surface area (Å²) in [6.07, 6.45) is 35.6. The van der Waals surface area contributed by atoms with Crippen LogP contribution >= 0.6 is 7.82 Å². The second-order valence-corrected chi connectivity index (χ2v) is 17.5. The minimum Gasteiger partial charge on any atom is -0.756 e. The largest absolute Gasteiger partial charge is 0.756 e. The standard InChI is InChI=1S/C41H85N2O6P/c1-6-8-10-12-14-15-16-17-18-19-20-21-22-23-24-25-26-27-29-30-32-34-40(44)39(38-49-50(46,47)48-37-36-43(3,4)5)42-41(45)35-33-31-28-13-11-9-7-2/h39-40,44H,6-38H2,1-5H3,(H-,42,45,46,47). The Kier molecular flexibility index (Phi) is 33.9. The molecule has 0 aliphatic rings. The number of carbonyl (C=O) groups excluding carboxylic acids is 1. The smallest absolute Gasteiger partial charge is 0.268 e. The molecule has 0 rings (SSSR count). The second-order valence-electron chi connectivity index (χ2n) is 16.1. The molecule has 0 spiro atoms. The number of aliphatic hydroxyl groups excluding tert-OH is 1. The fourth-order valence-corrected chi connectivity index (χ4v) is 7.12. The first kappa shape index (κ1) is 49.5. The van der Waals surface area contributed by atoms with E-state index in [0.29, 0.717) is 23.9 Å². The first-order valence-electron chi connectivity index (χ1n) is 21.4. The van der Waals surface area contributed by atoms with Gasteiger partial charge in [-0.05, 0) is 12.8 Å². The maximum absolute atomic E-state index is 12.7. The van der Waals surface area contributed by atoms with Crippen LogP contribution in [0.2, 0.25) is 0 Å². The van der Waals surface area contributed by atoms with E-state index in [4.69, 9.17) is 9.05 Å². The number of hydrogen-bond donors (Lipinski definition) is 2. The number of nitrogens with one attached hydrogen (secondary N) is 1. The number of likely N-dealkylation sites (N-methyl/N-ethyl adjacent to an activating group) is 1. The summed E-state index contributed by atoms with van der Waals surface area (Å²) in [4.78, 5) is 25.1. The average Bonchev–Trinajstić information content (AvgIpc) is 3.06. The lowest BCUT2D eigenvalue weighted by Crippen LogP contribution is -2.46. The molecule has 0 aliphatic carbocycles. The van der Waals surface area contributed by atoms with E-state index in [9.17, 15) is 19.4 Å². The van der Waals surface area contributed by atoms with Gasteiger partial charge in [-0.3, -0.25) is 9.36 Å². The van der Waals surface area contributed by atoms with Crippen LogP contribution in [0.25, 0.3) is 0 Å². The summed E-state index contributed by atoms with van der Waals surface area (Å²) in [5.74, 6) is -0.170. The lowest BCUT2D eigenvalue weighted by molar-refractivity contribution is -0.870. The molecule has 0 aliphatic heterocycles. The van der Waals surface area contributed by atoms with Crippen LogP contribution in [0, 0.1) is 0 Å². The maximum atomic E-state index is 12.7. The molecule has 0 aromatic heterocycles. The van der Waals surface area contributed by atoms with Gasteiger partial charge in [0.1, 0.15) is 13.2 Å². The van der Waals surface area contributed by atoms with Gasteiger partial charge in [-0.2, -0.15) is 0 Å².